The Morgan fingerprint density at radius 2 is 1.82 bits per heavy atom. The standard InChI is InChI=1S/C29H36BrNO6S/c1-19(3-9-24(33)17-25(34)15-21-4-6-22(7-5-21)20(2)31)23-8-12-29(28(30)16-23)38(35,36)27-11-10-26(18-32)37-14-13-27/h4-8,12,16,19,26-27,31-32H,3,9-11,13-15,17-18H2,1-2H3. The number of hydrogen-bond acceptors (Lipinski definition) is 7. The molecule has 1 aliphatic heterocycles. The average molecular weight is 607 g/mol. The molecular formula is C29H36BrNO6S. The Kier molecular flexibility index (Phi) is 11.0. The first-order chi connectivity index (χ1) is 18.0. The molecule has 9 heteroatoms. The van der Waals surface area contributed by atoms with Crippen molar-refractivity contribution in [2.24, 2.45) is 0 Å². The van der Waals surface area contributed by atoms with Gasteiger partial charge in [0, 0.05) is 29.6 Å². The van der Waals surface area contributed by atoms with Crippen LogP contribution in [0.5, 0.6) is 0 Å². The molecule has 0 radical (unpaired) electrons. The van der Waals surface area contributed by atoms with E-state index in [-0.39, 0.29) is 54.4 Å². The molecule has 0 aromatic heterocycles. The summed E-state index contributed by atoms with van der Waals surface area (Å²) in [7, 11) is -3.57. The number of Topliss-reactive ketones (excluding diaryl/α,β-unsaturated/α-hetero) is 2. The number of hydrogen-bond donors (Lipinski definition) is 2. The van der Waals surface area contributed by atoms with Crippen LogP contribution in [0, 0.1) is 5.41 Å². The molecule has 0 bridgehead atoms. The van der Waals surface area contributed by atoms with Crippen molar-refractivity contribution in [1.82, 2.24) is 0 Å². The van der Waals surface area contributed by atoms with E-state index >= 15 is 0 Å². The lowest BCUT2D eigenvalue weighted by molar-refractivity contribution is -0.126. The summed E-state index contributed by atoms with van der Waals surface area (Å²) in [5, 5.41) is 16.4. The minimum Gasteiger partial charge on any atom is -0.394 e. The predicted octanol–water partition coefficient (Wildman–Crippen LogP) is 5.20. The minimum absolute atomic E-state index is 0.00982. The van der Waals surface area contributed by atoms with E-state index in [9.17, 15) is 23.1 Å². The summed E-state index contributed by atoms with van der Waals surface area (Å²) in [5.74, 6) is -0.229. The zero-order valence-electron chi connectivity index (χ0n) is 21.9. The number of ether oxygens (including phenoxy) is 1. The smallest absolute Gasteiger partial charge is 0.182 e. The molecule has 0 spiro atoms. The number of rotatable bonds is 12. The highest BCUT2D eigenvalue weighted by Crippen LogP contribution is 2.33. The molecule has 0 amide bonds. The number of nitrogens with one attached hydrogen (secondary N) is 1. The molecule has 3 atom stereocenters. The van der Waals surface area contributed by atoms with Crippen LogP contribution in [0.25, 0.3) is 0 Å². The largest absolute Gasteiger partial charge is 0.394 e. The Morgan fingerprint density at radius 1 is 1.11 bits per heavy atom. The monoisotopic (exact) mass is 605 g/mol. The Labute approximate surface area is 233 Å². The molecule has 2 aromatic carbocycles. The van der Waals surface area contributed by atoms with Gasteiger partial charge in [0.1, 0.15) is 11.6 Å². The molecule has 38 heavy (non-hydrogen) atoms. The van der Waals surface area contributed by atoms with Crippen molar-refractivity contribution in [2.75, 3.05) is 13.2 Å². The van der Waals surface area contributed by atoms with Crippen LogP contribution in [-0.2, 0) is 30.6 Å². The van der Waals surface area contributed by atoms with Gasteiger partial charge in [0.2, 0.25) is 0 Å². The first-order valence-corrected chi connectivity index (χ1v) is 15.3. The maximum atomic E-state index is 13.3. The summed E-state index contributed by atoms with van der Waals surface area (Å²) in [6.07, 6.45) is 1.91. The van der Waals surface area contributed by atoms with Crippen LogP contribution < -0.4 is 0 Å². The van der Waals surface area contributed by atoms with Gasteiger partial charge in [-0.25, -0.2) is 8.42 Å². The highest BCUT2D eigenvalue weighted by molar-refractivity contribution is 9.10. The maximum Gasteiger partial charge on any atom is 0.182 e. The molecule has 0 aliphatic carbocycles. The first-order valence-electron chi connectivity index (χ1n) is 12.9. The molecule has 3 rings (SSSR count). The van der Waals surface area contributed by atoms with Gasteiger partial charge in [0.25, 0.3) is 0 Å². The lowest BCUT2D eigenvalue weighted by Gasteiger charge is -2.18. The van der Waals surface area contributed by atoms with Gasteiger partial charge in [-0.1, -0.05) is 37.3 Å². The lowest BCUT2D eigenvalue weighted by Crippen LogP contribution is -2.22. The van der Waals surface area contributed by atoms with Crippen molar-refractivity contribution in [3.8, 4) is 0 Å². The molecule has 1 aliphatic rings. The quantitative estimate of drug-likeness (QED) is 0.253. The van der Waals surface area contributed by atoms with Gasteiger partial charge in [-0.2, -0.15) is 0 Å². The molecule has 2 aromatic rings. The van der Waals surface area contributed by atoms with E-state index in [4.69, 9.17) is 10.1 Å². The van der Waals surface area contributed by atoms with E-state index in [1.165, 1.54) is 0 Å². The number of aliphatic hydroxyl groups is 1. The van der Waals surface area contributed by atoms with E-state index in [0.717, 1.165) is 16.7 Å². The Bertz CT molecular complexity index is 1260. The van der Waals surface area contributed by atoms with E-state index < -0.39 is 15.1 Å². The Morgan fingerprint density at radius 3 is 2.45 bits per heavy atom. The molecule has 1 fully saturated rings. The number of benzene rings is 2. The zero-order valence-corrected chi connectivity index (χ0v) is 24.3. The number of carbonyl (C=O) groups excluding carboxylic acids is 2. The van der Waals surface area contributed by atoms with Gasteiger partial charge in [-0.15, -0.1) is 0 Å². The summed E-state index contributed by atoms with van der Waals surface area (Å²) in [5.41, 5.74) is 3.01. The normalized spacial score (nSPS) is 18.9. The van der Waals surface area contributed by atoms with Crippen molar-refractivity contribution < 1.29 is 27.9 Å². The number of carbonyl (C=O) groups is 2. The number of aliphatic hydroxyl groups excluding tert-OH is 1. The second-order valence-corrected chi connectivity index (χ2v) is 13.1. The van der Waals surface area contributed by atoms with Gasteiger partial charge in [0.05, 0.1) is 29.3 Å². The van der Waals surface area contributed by atoms with Crippen molar-refractivity contribution in [3.63, 3.8) is 0 Å². The zero-order chi connectivity index (χ0) is 27.9. The molecule has 1 heterocycles. The SMILES string of the molecule is CC(=N)c1ccc(CC(=O)CC(=O)CCC(C)c2ccc(S(=O)(=O)C3CCOC(CO)CC3)c(Br)c2)cc1. The van der Waals surface area contributed by atoms with Crippen LogP contribution in [0.2, 0.25) is 0 Å². The van der Waals surface area contributed by atoms with Gasteiger partial charge in [-0.05, 0) is 83.3 Å². The third-order valence-electron chi connectivity index (χ3n) is 7.12. The van der Waals surface area contributed by atoms with E-state index in [0.29, 0.717) is 42.5 Å². The molecular weight excluding hydrogens is 570 g/mol. The van der Waals surface area contributed by atoms with Gasteiger partial charge < -0.3 is 15.3 Å². The maximum absolute atomic E-state index is 13.3. The third kappa shape index (κ3) is 8.15. The second-order valence-electron chi connectivity index (χ2n) is 10.1. The Hall–Kier alpha value is -2.20. The topological polar surface area (TPSA) is 122 Å². The molecule has 0 saturated carbocycles. The van der Waals surface area contributed by atoms with E-state index in [1.54, 1.807) is 37.3 Å². The summed E-state index contributed by atoms with van der Waals surface area (Å²) >= 11 is 3.45. The number of halogens is 1. The van der Waals surface area contributed by atoms with Crippen LogP contribution in [-0.4, -0.2) is 55.4 Å². The van der Waals surface area contributed by atoms with Crippen molar-refractivity contribution in [2.45, 2.75) is 81.0 Å². The third-order valence-corrected chi connectivity index (χ3v) is 10.4. The Balaban J connectivity index is 1.54. The van der Waals surface area contributed by atoms with Crippen LogP contribution in [0.1, 0.15) is 75.0 Å². The van der Waals surface area contributed by atoms with Gasteiger partial charge >= 0.3 is 0 Å². The average Bonchev–Trinajstić information content (AvgIpc) is 3.13. The molecule has 7 nitrogen and oxygen atoms in total. The van der Waals surface area contributed by atoms with Crippen LogP contribution in [0.4, 0.5) is 0 Å². The summed E-state index contributed by atoms with van der Waals surface area (Å²) in [6.45, 7) is 3.88. The summed E-state index contributed by atoms with van der Waals surface area (Å²) in [4.78, 5) is 25.1. The van der Waals surface area contributed by atoms with Crippen LogP contribution >= 0.6 is 15.9 Å². The fourth-order valence-electron chi connectivity index (χ4n) is 4.67. The first kappa shape index (κ1) is 30.3. The van der Waals surface area contributed by atoms with Crippen molar-refractivity contribution in [1.29, 1.82) is 5.41 Å². The highest BCUT2D eigenvalue weighted by Gasteiger charge is 2.32. The summed E-state index contributed by atoms with van der Waals surface area (Å²) in [6, 6.07) is 12.5. The number of ketones is 2. The highest BCUT2D eigenvalue weighted by atomic mass is 79.9. The second kappa shape index (κ2) is 13.7. The van der Waals surface area contributed by atoms with Crippen LogP contribution in [0.15, 0.2) is 51.8 Å². The molecule has 3 unspecified atom stereocenters. The van der Waals surface area contributed by atoms with Crippen molar-refractivity contribution >= 4 is 43.0 Å². The number of sulfone groups is 1. The minimum atomic E-state index is -3.57. The van der Waals surface area contributed by atoms with Gasteiger partial charge in [-0.3, -0.25) is 9.59 Å². The lowest BCUT2D eigenvalue weighted by atomic mass is 9.94. The summed E-state index contributed by atoms with van der Waals surface area (Å²) < 4.78 is 32.6. The predicted molar refractivity (Wildman–Crippen MR) is 151 cm³/mol. The van der Waals surface area contributed by atoms with E-state index in [1.807, 2.05) is 19.1 Å². The van der Waals surface area contributed by atoms with Gasteiger partial charge in [0.15, 0.2) is 9.84 Å². The molecule has 2 N–H and O–H groups in total. The fraction of sp³-hybridized carbons (Fsp3) is 0.483. The van der Waals surface area contributed by atoms with Crippen LogP contribution in [0.3, 0.4) is 0 Å². The van der Waals surface area contributed by atoms with Crippen molar-refractivity contribution in [3.05, 3.63) is 63.6 Å². The fourth-order valence-corrected chi connectivity index (χ4v) is 7.54. The molecule has 1 saturated heterocycles. The van der Waals surface area contributed by atoms with E-state index in [2.05, 4.69) is 15.9 Å². The molecule has 206 valence electrons.